The molecule has 0 radical (unpaired) electrons. The maximum atomic E-state index is 13.2. The minimum atomic E-state index is -0.798. The lowest BCUT2D eigenvalue weighted by atomic mass is 10.0. The molecule has 5 aromatic rings. The molecule has 5 rings (SSSR count). The Hall–Kier alpha value is -4.52. The number of ether oxygens (including phenoxy) is 1. The first kappa shape index (κ1) is 22.3. The summed E-state index contributed by atoms with van der Waals surface area (Å²) >= 11 is 0. The summed E-state index contributed by atoms with van der Waals surface area (Å²) in [6.07, 6.45) is 4.17. The fourth-order valence-corrected chi connectivity index (χ4v) is 4.28. The second kappa shape index (κ2) is 10.2. The van der Waals surface area contributed by atoms with Crippen LogP contribution in [-0.2, 0) is 17.6 Å². The molecule has 0 aliphatic heterocycles. The summed E-state index contributed by atoms with van der Waals surface area (Å²) < 4.78 is 5.37. The zero-order chi connectivity index (χ0) is 24.0. The highest BCUT2D eigenvalue weighted by molar-refractivity contribution is 5.89. The monoisotopic (exact) mass is 466 g/mol. The highest BCUT2D eigenvalue weighted by Crippen LogP contribution is 2.20. The lowest BCUT2D eigenvalue weighted by Gasteiger charge is -2.18. The molecule has 0 bridgehead atoms. The van der Waals surface area contributed by atoms with Gasteiger partial charge in [-0.3, -0.25) is 4.79 Å². The number of aromatic amines is 2. The molecule has 7 nitrogen and oxygen atoms in total. The maximum Gasteiger partial charge on any atom is 0.413 e. The molecule has 0 aliphatic rings. The van der Waals surface area contributed by atoms with Crippen molar-refractivity contribution < 1.29 is 14.3 Å². The number of hydrogen-bond donors (Lipinski definition) is 4. The molecule has 0 spiro atoms. The molecule has 176 valence electrons. The van der Waals surface area contributed by atoms with Crippen molar-refractivity contribution in [3.63, 3.8) is 0 Å². The molecule has 1 atom stereocenters. The molecule has 0 saturated carbocycles. The zero-order valence-electron chi connectivity index (χ0n) is 19.1. The summed E-state index contributed by atoms with van der Waals surface area (Å²) in [5.41, 5.74) is 4.12. The van der Waals surface area contributed by atoms with Gasteiger partial charge in [-0.2, -0.15) is 0 Å². The van der Waals surface area contributed by atoms with Crippen molar-refractivity contribution in [1.29, 1.82) is 0 Å². The summed E-state index contributed by atoms with van der Waals surface area (Å²) in [6, 6.07) is 23.9. The number of hydrogen-bond acceptors (Lipinski definition) is 3. The fraction of sp³-hybridized carbons (Fsp3) is 0.143. The van der Waals surface area contributed by atoms with E-state index in [1.807, 2.05) is 60.9 Å². The van der Waals surface area contributed by atoms with Crippen LogP contribution in [0, 0.1) is 0 Å². The standard InChI is InChI=1S/C28H26N4O3/c33-27(29-15-14-19-17-30-24-12-6-4-10-22(19)24)26(32-28(34)35-21-8-2-1-3-9-21)16-20-18-31-25-13-7-5-11-23(20)25/h1-13,17-18,26,30-31H,14-16H2,(H,29,33)(H,32,34)/t26-/m0/s1. The molecule has 2 heterocycles. The lowest BCUT2D eigenvalue weighted by Crippen LogP contribution is -2.49. The third kappa shape index (κ3) is 5.19. The SMILES string of the molecule is O=C(N[C@@H](Cc1c[nH]c2ccccc12)C(=O)NCCc1c[nH]c2ccccc12)Oc1ccccc1. The summed E-state index contributed by atoms with van der Waals surface area (Å²) in [5.74, 6) is 0.149. The Morgan fingerprint density at radius 2 is 1.37 bits per heavy atom. The smallest absolute Gasteiger partial charge is 0.410 e. The lowest BCUT2D eigenvalue weighted by molar-refractivity contribution is -0.122. The first-order chi connectivity index (χ1) is 17.2. The number of nitrogens with one attached hydrogen (secondary N) is 4. The van der Waals surface area contributed by atoms with E-state index in [2.05, 4.69) is 26.7 Å². The maximum absolute atomic E-state index is 13.2. The van der Waals surface area contributed by atoms with E-state index in [9.17, 15) is 9.59 Å². The van der Waals surface area contributed by atoms with Crippen molar-refractivity contribution in [2.24, 2.45) is 0 Å². The minimum absolute atomic E-state index is 0.264. The molecular formula is C28H26N4O3. The van der Waals surface area contributed by atoms with Crippen molar-refractivity contribution in [1.82, 2.24) is 20.6 Å². The Kier molecular flexibility index (Phi) is 6.48. The first-order valence-electron chi connectivity index (χ1n) is 11.6. The van der Waals surface area contributed by atoms with Crippen LogP contribution in [0.15, 0.2) is 91.3 Å². The Balaban J connectivity index is 1.28. The van der Waals surface area contributed by atoms with Crippen molar-refractivity contribution in [3.8, 4) is 5.75 Å². The summed E-state index contributed by atoms with van der Waals surface area (Å²) in [6.45, 7) is 0.445. The molecule has 0 saturated heterocycles. The van der Waals surface area contributed by atoms with E-state index in [4.69, 9.17) is 4.74 Å². The van der Waals surface area contributed by atoms with E-state index in [0.717, 1.165) is 32.9 Å². The average Bonchev–Trinajstić information content (AvgIpc) is 3.48. The van der Waals surface area contributed by atoms with E-state index in [1.54, 1.807) is 24.3 Å². The zero-order valence-corrected chi connectivity index (χ0v) is 19.1. The van der Waals surface area contributed by atoms with Gasteiger partial charge >= 0.3 is 6.09 Å². The summed E-state index contributed by atoms with van der Waals surface area (Å²) in [5, 5.41) is 7.89. The second-order valence-electron chi connectivity index (χ2n) is 8.36. The van der Waals surface area contributed by atoms with E-state index < -0.39 is 12.1 Å². The van der Waals surface area contributed by atoms with Crippen LogP contribution in [0.4, 0.5) is 4.79 Å². The van der Waals surface area contributed by atoms with Crippen LogP contribution >= 0.6 is 0 Å². The number of H-pyrrole nitrogens is 2. The number of rotatable bonds is 8. The van der Waals surface area contributed by atoms with Crippen LogP contribution in [0.5, 0.6) is 5.75 Å². The van der Waals surface area contributed by atoms with Gasteiger partial charge in [0.15, 0.2) is 0 Å². The van der Waals surface area contributed by atoms with Crippen molar-refractivity contribution in [2.45, 2.75) is 18.9 Å². The number of carbonyl (C=O) groups excluding carboxylic acids is 2. The van der Waals surface area contributed by atoms with Crippen molar-refractivity contribution in [3.05, 3.63) is 102 Å². The van der Waals surface area contributed by atoms with Crippen LogP contribution in [0.25, 0.3) is 21.8 Å². The van der Waals surface area contributed by atoms with Gasteiger partial charge in [-0.05, 0) is 41.8 Å². The topological polar surface area (TPSA) is 99.0 Å². The van der Waals surface area contributed by atoms with E-state index in [-0.39, 0.29) is 5.91 Å². The molecule has 0 fully saturated rings. The largest absolute Gasteiger partial charge is 0.413 e. The van der Waals surface area contributed by atoms with Crippen LogP contribution in [0.1, 0.15) is 11.1 Å². The van der Waals surface area contributed by atoms with Crippen LogP contribution in [-0.4, -0.2) is 34.6 Å². The van der Waals surface area contributed by atoms with E-state index in [1.165, 1.54) is 0 Å². The highest BCUT2D eigenvalue weighted by Gasteiger charge is 2.23. The predicted octanol–water partition coefficient (Wildman–Crippen LogP) is 4.71. The normalized spacial score (nSPS) is 11.9. The third-order valence-corrected chi connectivity index (χ3v) is 6.03. The second-order valence-corrected chi connectivity index (χ2v) is 8.36. The van der Waals surface area contributed by atoms with Gasteiger partial charge in [0.1, 0.15) is 11.8 Å². The number of amides is 2. The van der Waals surface area contributed by atoms with Gasteiger partial charge in [-0.25, -0.2) is 4.79 Å². The number of carbonyl (C=O) groups is 2. The summed E-state index contributed by atoms with van der Waals surface area (Å²) in [7, 11) is 0. The van der Waals surface area contributed by atoms with E-state index in [0.29, 0.717) is 25.1 Å². The number of para-hydroxylation sites is 3. The van der Waals surface area contributed by atoms with Crippen LogP contribution in [0.3, 0.4) is 0 Å². The van der Waals surface area contributed by atoms with Crippen LogP contribution < -0.4 is 15.4 Å². The third-order valence-electron chi connectivity index (χ3n) is 6.03. The Labute approximate surface area is 202 Å². The Bertz CT molecular complexity index is 1450. The Morgan fingerprint density at radius 3 is 2.09 bits per heavy atom. The summed E-state index contributed by atoms with van der Waals surface area (Å²) in [4.78, 5) is 32.3. The molecule has 2 amide bonds. The van der Waals surface area contributed by atoms with Crippen molar-refractivity contribution in [2.75, 3.05) is 6.54 Å². The van der Waals surface area contributed by atoms with Crippen molar-refractivity contribution >= 4 is 33.8 Å². The molecule has 7 heteroatoms. The molecule has 0 unspecified atom stereocenters. The van der Waals surface area contributed by atoms with Gasteiger partial charge in [-0.15, -0.1) is 0 Å². The molecule has 2 aromatic heterocycles. The quantitative estimate of drug-likeness (QED) is 0.267. The average molecular weight is 467 g/mol. The molecule has 0 aliphatic carbocycles. The first-order valence-corrected chi connectivity index (χ1v) is 11.6. The minimum Gasteiger partial charge on any atom is -0.410 e. The van der Waals surface area contributed by atoms with Gasteiger partial charge in [0.25, 0.3) is 0 Å². The number of aromatic nitrogens is 2. The highest BCUT2D eigenvalue weighted by atomic mass is 16.6. The van der Waals surface area contributed by atoms with Gasteiger partial charge in [0, 0.05) is 47.2 Å². The Morgan fingerprint density at radius 1 is 0.771 bits per heavy atom. The van der Waals surface area contributed by atoms with Gasteiger partial charge < -0.3 is 25.3 Å². The number of fused-ring (bicyclic) bond motifs is 2. The predicted molar refractivity (Wildman–Crippen MR) is 136 cm³/mol. The van der Waals surface area contributed by atoms with Crippen LogP contribution in [0.2, 0.25) is 0 Å². The molecule has 3 aromatic carbocycles. The molecule has 35 heavy (non-hydrogen) atoms. The number of benzene rings is 3. The van der Waals surface area contributed by atoms with Gasteiger partial charge in [0.2, 0.25) is 5.91 Å². The van der Waals surface area contributed by atoms with E-state index >= 15 is 0 Å². The van der Waals surface area contributed by atoms with Gasteiger partial charge in [-0.1, -0.05) is 54.6 Å². The molecular weight excluding hydrogens is 440 g/mol. The molecule has 4 N–H and O–H groups in total. The fourth-order valence-electron chi connectivity index (χ4n) is 4.28. The van der Waals surface area contributed by atoms with Gasteiger partial charge in [0.05, 0.1) is 0 Å².